The fourth-order valence-corrected chi connectivity index (χ4v) is 4.84. The van der Waals surface area contributed by atoms with Crippen molar-refractivity contribution in [1.82, 2.24) is 10.3 Å². The second-order valence-electron chi connectivity index (χ2n) is 8.09. The smallest absolute Gasteiger partial charge is 0.322 e. The number of halogens is 4. The molecule has 9 heteroatoms. The number of rotatable bonds is 6. The summed E-state index contributed by atoms with van der Waals surface area (Å²) in [5, 5.41) is 7.42. The van der Waals surface area contributed by atoms with Gasteiger partial charge in [-0.1, -0.05) is 24.3 Å². The van der Waals surface area contributed by atoms with Gasteiger partial charge < -0.3 is 10.6 Å². The van der Waals surface area contributed by atoms with Crippen molar-refractivity contribution in [2.45, 2.75) is 31.1 Å². The number of pyridine rings is 1. The van der Waals surface area contributed by atoms with Crippen molar-refractivity contribution < 1.29 is 18.0 Å². The highest BCUT2D eigenvalue weighted by atomic mass is 35.5. The fourth-order valence-electron chi connectivity index (χ4n) is 3.89. The first-order chi connectivity index (χ1) is 15.9. The Kier molecular flexibility index (Phi) is 6.93. The summed E-state index contributed by atoms with van der Waals surface area (Å²) in [6.07, 6.45) is -1.64. The zero-order chi connectivity index (χ0) is 23.0. The molecule has 4 nitrogen and oxygen atoms in total. The molecule has 2 N–H and O–H groups in total. The highest BCUT2D eigenvalue weighted by molar-refractivity contribution is 7.18. The fraction of sp³-hybridized carbons (Fsp3) is 0.200. The third-order valence-electron chi connectivity index (χ3n) is 5.72. The highest BCUT2D eigenvalue weighted by Gasteiger charge is 2.37. The Morgan fingerprint density at radius 3 is 2.59 bits per heavy atom. The zero-order valence-electron chi connectivity index (χ0n) is 17.8. The molecular weight excluding hydrogens is 483 g/mol. The van der Waals surface area contributed by atoms with E-state index in [1.165, 1.54) is 22.6 Å². The number of anilines is 1. The number of benzene rings is 2. The quantitative estimate of drug-likeness (QED) is 0.310. The molecule has 34 heavy (non-hydrogen) atoms. The molecule has 1 fully saturated rings. The number of carbonyl (C=O) groups is 1. The van der Waals surface area contributed by atoms with Crippen LogP contribution in [0, 0.1) is 0 Å². The van der Waals surface area contributed by atoms with Gasteiger partial charge in [0.05, 0.1) is 5.56 Å². The van der Waals surface area contributed by atoms with Gasteiger partial charge in [0.1, 0.15) is 4.83 Å². The standard InChI is InChI=1S/C25H20F3N3OS.ClH/c26-25(27,28)18-5-1-3-16(11-18)23(32)31-19-8-6-15(7-9-19)21-13-22(21)30-14-20-12-17-4-2-10-29-24(17)33-20;/h1-12,21-22,30H,13-14H2,(H,31,32);1H/t21-,22+;/m0./s1. The van der Waals surface area contributed by atoms with E-state index in [0.29, 0.717) is 17.6 Å². The zero-order valence-corrected chi connectivity index (χ0v) is 19.4. The molecule has 2 aromatic carbocycles. The molecule has 176 valence electrons. The molecule has 2 atom stereocenters. The first-order valence-electron chi connectivity index (χ1n) is 10.5. The van der Waals surface area contributed by atoms with E-state index in [1.807, 2.05) is 18.2 Å². The first kappa shape index (κ1) is 24.2. The molecule has 5 rings (SSSR count). The molecule has 0 radical (unpaired) electrons. The first-order valence-corrected chi connectivity index (χ1v) is 11.3. The number of hydrogen-bond acceptors (Lipinski definition) is 4. The number of hydrogen-bond donors (Lipinski definition) is 2. The average Bonchev–Trinajstić information content (AvgIpc) is 3.46. The van der Waals surface area contributed by atoms with Gasteiger partial charge >= 0.3 is 6.18 Å². The Labute approximate surface area is 204 Å². The number of nitrogens with one attached hydrogen (secondary N) is 2. The Morgan fingerprint density at radius 1 is 1.06 bits per heavy atom. The lowest BCUT2D eigenvalue weighted by Crippen LogP contribution is -2.16. The normalized spacial score (nSPS) is 17.3. The lowest BCUT2D eigenvalue weighted by atomic mass is 10.1. The summed E-state index contributed by atoms with van der Waals surface area (Å²) in [6, 6.07) is 18.5. The van der Waals surface area contributed by atoms with Crippen molar-refractivity contribution in [2.75, 3.05) is 5.32 Å². The summed E-state index contributed by atoms with van der Waals surface area (Å²) in [4.78, 5) is 19.0. The predicted molar refractivity (Wildman–Crippen MR) is 131 cm³/mol. The minimum absolute atomic E-state index is 0. The van der Waals surface area contributed by atoms with Crippen LogP contribution in [-0.2, 0) is 12.7 Å². The van der Waals surface area contributed by atoms with E-state index < -0.39 is 17.6 Å². The van der Waals surface area contributed by atoms with Gasteiger partial charge in [-0.3, -0.25) is 4.79 Å². The second kappa shape index (κ2) is 9.74. The minimum atomic E-state index is -4.49. The third kappa shape index (κ3) is 5.41. The van der Waals surface area contributed by atoms with Crippen LogP contribution in [0.1, 0.15) is 38.7 Å². The SMILES string of the molecule is Cl.O=C(Nc1ccc([C@@H]2C[C@H]2NCc2cc3cccnc3s2)cc1)c1cccc(C(F)(F)F)c1. The monoisotopic (exact) mass is 503 g/mol. The minimum Gasteiger partial charge on any atom is -0.322 e. The molecule has 1 aliphatic rings. The molecule has 2 aromatic heterocycles. The van der Waals surface area contributed by atoms with Gasteiger partial charge in [0.25, 0.3) is 5.91 Å². The van der Waals surface area contributed by atoms with Crippen LogP contribution >= 0.6 is 23.7 Å². The highest BCUT2D eigenvalue weighted by Crippen LogP contribution is 2.41. The van der Waals surface area contributed by atoms with Gasteiger partial charge in [-0.25, -0.2) is 4.98 Å². The van der Waals surface area contributed by atoms with Crippen molar-refractivity contribution in [3.8, 4) is 0 Å². The molecular formula is C25H21ClF3N3OS. The number of nitrogens with zero attached hydrogens (tertiary/aromatic N) is 1. The summed E-state index contributed by atoms with van der Waals surface area (Å²) >= 11 is 1.70. The van der Waals surface area contributed by atoms with Crippen molar-refractivity contribution in [3.05, 3.63) is 94.5 Å². The van der Waals surface area contributed by atoms with Gasteiger partial charge in [-0.2, -0.15) is 13.2 Å². The van der Waals surface area contributed by atoms with E-state index >= 15 is 0 Å². The molecule has 0 unspecified atom stereocenters. The number of aromatic nitrogens is 1. The van der Waals surface area contributed by atoms with Crippen molar-refractivity contribution in [2.24, 2.45) is 0 Å². The van der Waals surface area contributed by atoms with Crippen LogP contribution in [0.25, 0.3) is 10.2 Å². The third-order valence-corrected chi connectivity index (χ3v) is 6.78. The number of fused-ring (bicyclic) bond motifs is 1. The van der Waals surface area contributed by atoms with Gasteiger partial charge in [-0.05, 0) is 54.4 Å². The van der Waals surface area contributed by atoms with Crippen LogP contribution in [-0.4, -0.2) is 16.9 Å². The molecule has 2 heterocycles. The summed E-state index contributed by atoms with van der Waals surface area (Å²) in [6.45, 7) is 0.799. The largest absolute Gasteiger partial charge is 0.416 e. The number of thiophene rings is 1. The predicted octanol–water partition coefficient (Wildman–Crippen LogP) is 6.63. The number of alkyl halides is 3. The van der Waals surface area contributed by atoms with E-state index in [4.69, 9.17) is 0 Å². The van der Waals surface area contributed by atoms with E-state index in [1.54, 1.807) is 29.7 Å². The van der Waals surface area contributed by atoms with Gasteiger partial charge in [0.2, 0.25) is 0 Å². The lowest BCUT2D eigenvalue weighted by molar-refractivity contribution is -0.137. The number of carbonyl (C=O) groups excluding carboxylic acids is 1. The Balaban J connectivity index is 0.00000274. The Hall–Kier alpha value is -2.94. The van der Waals surface area contributed by atoms with E-state index in [9.17, 15) is 18.0 Å². The molecule has 0 aliphatic heterocycles. The number of amides is 1. The average molecular weight is 504 g/mol. The van der Waals surface area contributed by atoms with Gasteiger partial charge in [0, 0.05) is 46.2 Å². The van der Waals surface area contributed by atoms with Crippen LogP contribution in [0.2, 0.25) is 0 Å². The summed E-state index contributed by atoms with van der Waals surface area (Å²) in [5.74, 6) is -0.164. The molecule has 1 aliphatic carbocycles. The van der Waals surface area contributed by atoms with Crippen LogP contribution < -0.4 is 10.6 Å². The van der Waals surface area contributed by atoms with E-state index in [-0.39, 0.29) is 18.0 Å². The van der Waals surface area contributed by atoms with E-state index in [2.05, 4.69) is 27.8 Å². The molecule has 1 amide bonds. The van der Waals surface area contributed by atoms with E-state index in [0.717, 1.165) is 35.3 Å². The molecule has 4 aromatic rings. The van der Waals surface area contributed by atoms with Crippen LogP contribution in [0.4, 0.5) is 18.9 Å². The van der Waals surface area contributed by atoms with Crippen LogP contribution in [0.15, 0.2) is 72.9 Å². The maximum atomic E-state index is 12.9. The molecule has 0 bridgehead atoms. The second-order valence-corrected chi connectivity index (χ2v) is 9.21. The summed E-state index contributed by atoms with van der Waals surface area (Å²) in [7, 11) is 0. The maximum Gasteiger partial charge on any atom is 0.416 e. The molecule has 1 saturated carbocycles. The van der Waals surface area contributed by atoms with Crippen molar-refractivity contribution in [3.63, 3.8) is 0 Å². The Morgan fingerprint density at radius 2 is 1.85 bits per heavy atom. The van der Waals surface area contributed by atoms with Crippen molar-refractivity contribution in [1.29, 1.82) is 0 Å². The molecule has 0 spiro atoms. The Bertz CT molecular complexity index is 1270. The summed E-state index contributed by atoms with van der Waals surface area (Å²) in [5.41, 5.74) is 0.841. The topological polar surface area (TPSA) is 54.0 Å². The van der Waals surface area contributed by atoms with Crippen LogP contribution in [0.3, 0.4) is 0 Å². The van der Waals surface area contributed by atoms with Crippen LogP contribution in [0.5, 0.6) is 0 Å². The lowest BCUT2D eigenvalue weighted by Gasteiger charge is -2.10. The van der Waals surface area contributed by atoms with Crippen molar-refractivity contribution >= 4 is 45.6 Å². The van der Waals surface area contributed by atoms with Gasteiger partial charge in [0.15, 0.2) is 0 Å². The maximum absolute atomic E-state index is 12.9. The summed E-state index contributed by atoms with van der Waals surface area (Å²) < 4.78 is 38.6. The molecule has 0 saturated heterocycles. The van der Waals surface area contributed by atoms with Gasteiger partial charge in [-0.15, -0.1) is 23.7 Å².